The van der Waals surface area contributed by atoms with Crippen molar-refractivity contribution in [3.05, 3.63) is 11.3 Å². The smallest absolute Gasteiger partial charge is 0.255 e. The van der Waals surface area contributed by atoms with Crippen LogP contribution < -0.4 is 10.6 Å². The van der Waals surface area contributed by atoms with Gasteiger partial charge in [-0.15, -0.1) is 0 Å². The van der Waals surface area contributed by atoms with Crippen molar-refractivity contribution in [2.75, 3.05) is 18.5 Å². The van der Waals surface area contributed by atoms with Crippen molar-refractivity contribution in [1.82, 2.24) is 9.78 Å². The van der Waals surface area contributed by atoms with E-state index in [0.29, 0.717) is 12.4 Å². The van der Waals surface area contributed by atoms with Gasteiger partial charge in [0, 0.05) is 26.2 Å². The SMILES string of the molecule is Cc1nn(C)c(N(C)CC(F)F)c1CN. The molecule has 0 atom stereocenters. The Morgan fingerprint density at radius 1 is 1.53 bits per heavy atom. The van der Waals surface area contributed by atoms with Crippen molar-refractivity contribution in [3.63, 3.8) is 0 Å². The lowest BCUT2D eigenvalue weighted by molar-refractivity contribution is 0.156. The highest BCUT2D eigenvalue weighted by molar-refractivity contribution is 5.49. The molecule has 1 aromatic rings. The number of nitrogens with zero attached hydrogens (tertiary/aromatic N) is 3. The topological polar surface area (TPSA) is 47.1 Å². The van der Waals surface area contributed by atoms with Crippen molar-refractivity contribution in [2.45, 2.75) is 19.9 Å². The molecule has 0 bridgehead atoms. The van der Waals surface area contributed by atoms with E-state index in [1.807, 2.05) is 6.92 Å². The van der Waals surface area contributed by atoms with Crippen molar-refractivity contribution in [3.8, 4) is 0 Å². The van der Waals surface area contributed by atoms with Crippen LogP contribution >= 0.6 is 0 Å². The van der Waals surface area contributed by atoms with Gasteiger partial charge in [-0.3, -0.25) is 4.68 Å². The molecule has 0 aliphatic rings. The van der Waals surface area contributed by atoms with Gasteiger partial charge >= 0.3 is 0 Å². The van der Waals surface area contributed by atoms with Gasteiger partial charge in [-0.25, -0.2) is 8.78 Å². The summed E-state index contributed by atoms with van der Waals surface area (Å²) in [6.07, 6.45) is -2.36. The third kappa shape index (κ3) is 2.44. The van der Waals surface area contributed by atoms with Crippen LogP contribution in [0.4, 0.5) is 14.6 Å². The van der Waals surface area contributed by atoms with E-state index >= 15 is 0 Å². The van der Waals surface area contributed by atoms with Crippen molar-refractivity contribution in [2.24, 2.45) is 12.8 Å². The van der Waals surface area contributed by atoms with Crippen LogP contribution in [-0.2, 0) is 13.6 Å². The molecule has 0 amide bonds. The first-order chi connectivity index (χ1) is 6.97. The number of rotatable bonds is 4. The van der Waals surface area contributed by atoms with Crippen molar-refractivity contribution < 1.29 is 8.78 Å². The lowest BCUT2D eigenvalue weighted by atomic mass is 10.2. The number of nitrogens with two attached hydrogens (primary N) is 1. The van der Waals surface area contributed by atoms with Crippen LogP contribution in [0.25, 0.3) is 0 Å². The average Bonchev–Trinajstić information content (AvgIpc) is 2.38. The first-order valence-corrected chi connectivity index (χ1v) is 4.69. The third-order valence-electron chi connectivity index (χ3n) is 2.29. The first kappa shape index (κ1) is 11.9. The summed E-state index contributed by atoms with van der Waals surface area (Å²) in [7, 11) is 3.34. The third-order valence-corrected chi connectivity index (χ3v) is 2.29. The molecule has 0 saturated carbocycles. The second-order valence-corrected chi connectivity index (χ2v) is 3.49. The van der Waals surface area contributed by atoms with Gasteiger partial charge in [0.05, 0.1) is 12.2 Å². The standard InChI is InChI=1S/C9H16F2N4/c1-6-7(4-12)9(15(3)13-6)14(2)5-8(10)11/h8H,4-5,12H2,1-3H3. The Labute approximate surface area is 87.7 Å². The normalized spacial score (nSPS) is 11.1. The minimum Gasteiger partial charge on any atom is -0.354 e. The minimum absolute atomic E-state index is 0.308. The Hall–Kier alpha value is -1.17. The Kier molecular flexibility index (Phi) is 3.62. The summed E-state index contributed by atoms with van der Waals surface area (Å²) in [5.74, 6) is 0.662. The quantitative estimate of drug-likeness (QED) is 0.816. The molecule has 1 aromatic heterocycles. The van der Waals surface area contributed by atoms with Gasteiger partial charge < -0.3 is 10.6 Å². The Morgan fingerprint density at radius 3 is 2.60 bits per heavy atom. The molecule has 0 aliphatic heterocycles. The molecule has 0 saturated heterocycles. The maximum atomic E-state index is 12.2. The molecular weight excluding hydrogens is 202 g/mol. The molecule has 2 N–H and O–H groups in total. The molecule has 0 radical (unpaired) electrons. The summed E-state index contributed by atoms with van der Waals surface area (Å²) in [5, 5.41) is 4.16. The van der Waals surface area contributed by atoms with E-state index in [1.54, 1.807) is 18.8 Å². The summed E-state index contributed by atoms with van der Waals surface area (Å²) >= 11 is 0. The van der Waals surface area contributed by atoms with E-state index in [0.717, 1.165) is 11.3 Å². The number of aromatic nitrogens is 2. The van der Waals surface area contributed by atoms with E-state index < -0.39 is 6.43 Å². The highest BCUT2D eigenvalue weighted by Gasteiger charge is 2.17. The molecule has 0 aromatic carbocycles. The van der Waals surface area contributed by atoms with Crippen molar-refractivity contribution in [1.29, 1.82) is 0 Å². The first-order valence-electron chi connectivity index (χ1n) is 4.69. The van der Waals surface area contributed by atoms with Gasteiger partial charge in [0.2, 0.25) is 0 Å². The summed E-state index contributed by atoms with van der Waals surface area (Å²) in [6, 6.07) is 0. The van der Waals surface area contributed by atoms with Crippen LogP contribution in [0, 0.1) is 6.92 Å². The van der Waals surface area contributed by atoms with E-state index in [1.165, 1.54) is 4.90 Å². The fourth-order valence-corrected chi connectivity index (χ4v) is 1.70. The maximum absolute atomic E-state index is 12.2. The number of aryl methyl sites for hydroxylation is 2. The molecule has 6 heteroatoms. The molecule has 0 unspecified atom stereocenters. The molecule has 0 aliphatic carbocycles. The zero-order chi connectivity index (χ0) is 11.6. The zero-order valence-electron chi connectivity index (χ0n) is 9.17. The van der Waals surface area contributed by atoms with Crippen LogP contribution in [0.3, 0.4) is 0 Å². The monoisotopic (exact) mass is 218 g/mol. The summed E-state index contributed by atoms with van der Waals surface area (Å²) in [6.45, 7) is 1.82. The molecule has 0 spiro atoms. The van der Waals surface area contributed by atoms with Crippen LogP contribution in [0.1, 0.15) is 11.3 Å². The van der Waals surface area contributed by atoms with Crippen molar-refractivity contribution >= 4 is 5.82 Å². The van der Waals surface area contributed by atoms with Gasteiger partial charge in [-0.1, -0.05) is 0 Å². The van der Waals surface area contributed by atoms with Crippen LogP contribution in [-0.4, -0.2) is 29.8 Å². The number of halogens is 2. The molecular formula is C9H16F2N4. The van der Waals surface area contributed by atoms with E-state index in [2.05, 4.69) is 5.10 Å². The Balaban J connectivity index is 3.01. The van der Waals surface area contributed by atoms with Gasteiger partial charge in [0.1, 0.15) is 5.82 Å². The summed E-state index contributed by atoms with van der Waals surface area (Å²) in [5.41, 5.74) is 7.17. The number of hydrogen-bond acceptors (Lipinski definition) is 3. The fraction of sp³-hybridized carbons (Fsp3) is 0.667. The van der Waals surface area contributed by atoms with Gasteiger partial charge in [-0.2, -0.15) is 5.10 Å². The lowest BCUT2D eigenvalue weighted by Gasteiger charge is -2.20. The highest BCUT2D eigenvalue weighted by atomic mass is 19.3. The molecule has 1 heterocycles. The minimum atomic E-state index is -2.36. The van der Waals surface area contributed by atoms with E-state index in [4.69, 9.17) is 5.73 Å². The predicted octanol–water partition coefficient (Wildman–Crippen LogP) is 0.889. The summed E-state index contributed by atoms with van der Waals surface area (Å²) < 4.78 is 26.1. The molecule has 86 valence electrons. The summed E-state index contributed by atoms with van der Waals surface area (Å²) in [4.78, 5) is 1.48. The number of alkyl halides is 2. The van der Waals surface area contributed by atoms with Crippen LogP contribution in [0.5, 0.6) is 0 Å². The highest BCUT2D eigenvalue weighted by Crippen LogP contribution is 2.21. The molecule has 0 fully saturated rings. The molecule has 1 rings (SSSR count). The second kappa shape index (κ2) is 4.57. The largest absolute Gasteiger partial charge is 0.354 e. The predicted molar refractivity (Wildman–Crippen MR) is 55.1 cm³/mol. The van der Waals surface area contributed by atoms with E-state index in [-0.39, 0.29) is 6.54 Å². The Bertz CT molecular complexity index is 335. The van der Waals surface area contributed by atoms with Gasteiger partial charge in [-0.05, 0) is 6.92 Å². The lowest BCUT2D eigenvalue weighted by Crippen LogP contribution is -2.27. The zero-order valence-corrected chi connectivity index (χ0v) is 9.17. The second-order valence-electron chi connectivity index (χ2n) is 3.49. The number of anilines is 1. The molecule has 4 nitrogen and oxygen atoms in total. The van der Waals surface area contributed by atoms with Crippen LogP contribution in [0.15, 0.2) is 0 Å². The van der Waals surface area contributed by atoms with E-state index in [9.17, 15) is 8.78 Å². The van der Waals surface area contributed by atoms with Gasteiger partial charge in [0.25, 0.3) is 6.43 Å². The Morgan fingerprint density at radius 2 is 2.13 bits per heavy atom. The van der Waals surface area contributed by atoms with Crippen LogP contribution in [0.2, 0.25) is 0 Å². The van der Waals surface area contributed by atoms with Gasteiger partial charge in [0.15, 0.2) is 0 Å². The maximum Gasteiger partial charge on any atom is 0.255 e. The average molecular weight is 218 g/mol. The fourth-order valence-electron chi connectivity index (χ4n) is 1.70. The molecule has 15 heavy (non-hydrogen) atoms. The number of hydrogen-bond donors (Lipinski definition) is 1.